The Labute approximate surface area is 166 Å². The molecule has 1 saturated heterocycles. The molecule has 0 radical (unpaired) electrons. The van der Waals surface area contributed by atoms with Crippen molar-refractivity contribution in [1.29, 1.82) is 5.26 Å². The highest BCUT2D eigenvalue weighted by Crippen LogP contribution is 2.25. The quantitative estimate of drug-likeness (QED) is 0.636. The Morgan fingerprint density at radius 1 is 1.15 bits per heavy atom. The topological polar surface area (TPSA) is 45.5 Å². The minimum absolute atomic E-state index is 0.0124. The van der Waals surface area contributed by atoms with E-state index in [1.807, 2.05) is 0 Å². The lowest BCUT2D eigenvalue weighted by molar-refractivity contribution is -0.0482. The van der Waals surface area contributed by atoms with E-state index in [-0.39, 0.29) is 6.10 Å². The maximum atomic E-state index is 9.23. The summed E-state index contributed by atoms with van der Waals surface area (Å²) in [6.45, 7) is 4.03. The number of nitrogens with zero attached hydrogens (tertiary/aromatic N) is 2. The molecule has 0 aromatic heterocycles. The second-order valence-corrected chi connectivity index (χ2v) is 7.18. The second-order valence-electron chi connectivity index (χ2n) is 6.77. The van der Waals surface area contributed by atoms with E-state index in [1.54, 1.807) is 18.2 Å². The lowest BCUT2D eigenvalue weighted by Gasteiger charge is -2.32. The van der Waals surface area contributed by atoms with Gasteiger partial charge in [-0.25, -0.2) is 0 Å². The Morgan fingerprint density at radius 3 is 2.81 bits per heavy atom. The fourth-order valence-corrected chi connectivity index (χ4v) is 3.52. The monoisotopic (exact) mass is 384 g/mol. The van der Waals surface area contributed by atoms with Crippen LogP contribution in [0, 0.1) is 11.3 Å². The highest BCUT2D eigenvalue weighted by Gasteiger charge is 2.21. The molecule has 0 spiro atoms. The summed E-state index contributed by atoms with van der Waals surface area (Å²) < 4.78 is 11.6. The normalized spacial score (nSPS) is 17.4. The van der Waals surface area contributed by atoms with Crippen molar-refractivity contribution in [2.45, 2.75) is 25.4 Å². The first-order valence-corrected chi connectivity index (χ1v) is 9.83. The Hall–Kier alpha value is -2.06. The first kappa shape index (κ1) is 19.7. The summed E-state index contributed by atoms with van der Waals surface area (Å²) in [4.78, 5) is 2.44. The zero-order valence-corrected chi connectivity index (χ0v) is 16.2. The largest absolute Gasteiger partial charge is 0.489 e. The van der Waals surface area contributed by atoms with Gasteiger partial charge in [-0.1, -0.05) is 48.0 Å². The number of benzene rings is 2. The zero-order chi connectivity index (χ0) is 18.9. The molecule has 5 heteroatoms. The molecular weight excluding hydrogens is 360 g/mol. The third-order valence-electron chi connectivity index (χ3n) is 4.77. The molecule has 0 amide bonds. The summed E-state index contributed by atoms with van der Waals surface area (Å²) in [6.07, 6.45) is 3.51. The second kappa shape index (κ2) is 10.3. The minimum Gasteiger partial charge on any atom is -0.489 e. The Kier molecular flexibility index (Phi) is 7.53. The van der Waals surface area contributed by atoms with Crippen molar-refractivity contribution >= 4 is 11.6 Å². The van der Waals surface area contributed by atoms with Crippen LogP contribution in [0.3, 0.4) is 0 Å². The summed E-state index contributed by atoms with van der Waals surface area (Å²) in [5, 5.41) is 9.64. The van der Waals surface area contributed by atoms with Crippen LogP contribution in [0.4, 0.5) is 0 Å². The van der Waals surface area contributed by atoms with Gasteiger partial charge in [0.15, 0.2) is 0 Å². The molecule has 0 aliphatic carbocycles. The Balaban J connectivity index is 1.40. The number of halogens is 1. The van der Waals surface area contributed by atoms with Crippen LogP contribution in [0.2, 0.25) is 5.02 Å². The van der Waals surface area contributed by atoms with E-state index in [0.717, 1.165) is 26.1 Å². The fourth-order valence-electron chi connectivity index (χ4n) is 3.31. The molecule has 1 aliphatic rings. The van der Waals surface area contributed by atoms with Crippen molar-refractivity contribution in [2.24, 2.45) is 0 Å². The molecule has 1 atom stereocenters. The minimum atomic E-state index is 0.0124. The van der Waals surface area contributed by atoms with Crippen molar-refractivity contribution < 1.29 is 9.47 Å². The van der Waals surface area contributed by atoms with Crippen LogP contribution in [0.5, 0.6) is 5.75 Å². The number of nitriles is 1. The standard InChI is InChI=1S/C22H25ClN2O2/c23-21-10-6-11-22(20(21)15-24)27-17-19-16-25(13-14-26-19)12-5-4-9-18-7-2-1-3-8-18/h1-3,6-8,10-11,19H,4-5,9,12-14,16-17H2. The van der Waals surface area contributed by atoms with Gasteiger partial charge in [-0.15, -0.1) is 0 Å². The molecule has 142 valence electrons. The van der Waals surface area contributed by atoms with E-state index in [2.05, 4.69) is 41.3 Å². The molecule has 1 aliphatic heterocycles. The average molecular weight is 385 g/mol. The van der Waals surface area contributed by atoms with Gasteiger partial charge in [0.25, 0.3) is 0 Å². The molecule has 1 heterocycles. The summed E-state index contributed by atoms with van der Waals surface area (Å²) in [7, 11) is 0. The molecule has 3 rings (SSSR count). The van der Waals surface area contributed by atoms with Gasteiger partial charge >= 0.3 is 0 Å². The maximum absolute atomic E-state index is 9.23. The van der Waals surface area contributed by atoms with Gasteiger partial charge in [0.05, 0.1) is 11.6 Å². The summed E-state index contributed by atoms with van der Waals surface area (Å²) >= 11 is 6.05. The van der Waals surface area contributed by atoms with Gasteiger partial charge in [-0.3, -0.25) is 4.90 Å². The molecule has 4 nitrogen and oxygen atoms in total. The van der Waals surface area contributed by atoms with Crippen molar-refractivity contribution in [1.82, 2.24) is 4.90 Å². The molecule has 2 aromatic carbocycles. The van der Waals surface area contributed by atoms with E-state index in [4.69, 9.17) is 21.1 Å². The lowest BCUT2D eigenvalue weighted by atomic mass is 10.1. The number of hydrogen-bond donors (Lipinski definition) is 0. The first-order chi connectivity index (χ1) is 13.3. The van der Waals surface area contributed by atoms with Crippen molar-refractivity contribution in [3.05, 3.63) is 64.7 Å². The van der Waals surface area contributed by atoms with Gasteiger partial charge in [-0.05, 0) is 43.5 Å². The predicted molar refractivity (Wildman–Crippen MR) is 107 cm³/mol. The molecule has 1 fully saturated rings. The number of morpholine rings is 1. The number of hydrogen-bond acceptors (Lipinski definition) is 4. The number of unbranched alkanes of at least 4 members (excludes halogenated alkanes) is 1. The molecule has 0 saturated carbocycles. The number of ether oxygens (including phenoxy) is 2. The van der Waals surface area contributed by atoms with Crippen LogP contribution >= 0.6 is 11.6 Å². The van der Waals surface area contributed by atoms with E-state index < -0.39 is 0 Å². The van der Waals surface area contributed by atoms with Crippen molar-refractivity contribution in [3.8, 4) is 11.8 Å². The van der Waals surface area contributed by atoms with E-state index in [9.17, 15) is 5.26 Å². The average Bonchev–Trinajstić information content (AvgIpc) is 2.71. The van der Waals surface area contributed by atoms with Crippen molar-refractivity contribution in [3.63, 3.8) is 0 Å². The predicted octanol–water partition coefficient (Wildman–Crippen LogP) is 4.31. The van der Waals surface area contributed by atoms with Gasteiger partial charge < -0.3 is 9.47 Å². The third kappa shape index (κ3) is 5.97. The van der Waals surface area contributed by atoms with Crippen LogP contribution in [0.15, 0.2) is 48.5 Å². The summed E-state index contributed by atoms with van der Waals surface area (Å²) in [5.41, 5.74) is 1.79. The Bertz CT molecular complexity index is 761. The van der Waals surface area contributed by atoms with Crippen molar-refractivity contribution in [2.75, 3.05) is 32.8 Å². The first-order valence-electron chi connectivity index (χ1n) is 9.45. The van der Waals surface area contributed by atoms with Crippen LogP contribution in [0.25, 0.3) is 0 Å². The third-order valence-corrected chi connectivity index (χ3v) is 5.08. The number of aryl methyl sites for hydroxylation is 1. The highest BCUT2D eigenvalue weighted by atomic mass is 35.5. The van der Waals surface area contributed by atoms with Gasteiger partial charge in [0.2, 0.25) is 0 Å². The van der Waals surface area contributed by atoms with Crippen LogP contribution in [-0.2, 0) is 11.2 Å². The molecule has 2 aromatic rings. The Morgan fingerprint density at radius 2 is 2.00 bits per heavy atom. The van der Waals surface area contributed by atoms with E-state index in [0.29, 0.717) is 29.5 Å². The molecule has 0 N–H and O–H groups in total. The van der Waals surface area contributed by atoms with Crippen LogP contribution in [-0.4, -0.2) is 43.9 Å². The van der Waals surface area contributed by atoms with E-state index >= 15 is 0 Å². The zero-order valence-electron chi connectivity index (χ0n) is 15.4. The smallest absolute Gasteiger partial charge is 0.138 e. The van der Waals surface area contributed by atoms with Gasteiger partial charge in [0.1, 0.15) is 30.1 Å². The highest BCUT2D eigenvalue weighted by molar-refractivity contribution is 6.31. The summed E-state index contributed by atoms with van der Waals surface area (Å²) in [6, 6.07) is 18.0. The molecular formula is C22H25ClN2O2. The molecule has 1 unspecified atom stereocenters. The lowest BCUT2D eigenvalue weighted by Crippen LogP contribution is -2.45. The van der Waals surface area contributed by atoms with Crippen LogP contribution in [0.1, 0.15) is 24.0 Å². The fraction of sp³-hybridized carbons (Fsp3) is 0.409. The van der Waals surface area contributed by atoms with E-state index in [1.165, 1.54) is 18.4 Å². The molecule has 0 bridgehead atoms. The number of rotatable bonds is 8. The molecule has 27 heavy (non-hydrogen) atoms. The van der Waals surface area contributed by atoms with Crippen LogP contribution < -0.4 is 4.74 Å². The van der Waals surface area contributed by atoms with Gasteiger partial charge in [-0.2, -0.15) is 5.26 Å². The SMILES string of the molecule is N#Cc1c(Cl)cccc1OCC1CN(CCCCc2ccccc2)CCO1. The summed E-state index contributed by atoms with van der Waals surface area (Å²) in [5.74, 6) is 0.522. The maximum Gasteiger partial charge on any atom is 0.138 e. The van der Waals surface area contributed by atoms with Gasteiger partial charge in [0, 0.05) is 13.1 Å².